The highest BCUT2D eigenvalue weighted by Gasteiger charge is 2.10. The molecule has 18 heavy (non-hydrogen) atoms. The molecule has 0 aliphatic carbocycles. The second-order valence-electron chi connectivity index (χ2n) is 3.45. The number of hydrogen-bond acceptors (Lipinski definition) is 2. The second-order valence-corrected chi connectivity index (χ2v) is 4.30. The molecule has 0 aliphatic heterocycles. The molecule has 5 heteroatoms. The molecule has 0 saturated carbocycles. The minimum atomic E-state index is -0.680. The molecule has 0 radical (unpaired) electrons. The molecule has 0 fully saturated rings. The lowest BCUT2D eigenvalue weighted by Crippen LogP contribution is -1.94. The fourth-order valence-corrected chi connectivity index (χ4v) is 1.63. The van der Waals surface area contributed by atoms with Gasteiger partial charge in [-0.1, -0.05) is 6.07 Å². The van der Waals surface area contributed by atoms with Crippen molar-refractivity contribution in [1.29, 1.82) is 0 Å². The van der Waals surface area contributed by atoms with E-state index < -0.39 is 11.6 Å². The van der Waals surface area contributed by atoms with E-state index in [0.29, 0.717) is 10.8 Å². The van der Waals surface area contributed by atoms with E-state index >= 15 is 0 Å². The topological polar surface area (TPSA) is 26.3 Å². The third-order valence-electron chi connectivity index (χ3n) is 2.25. The predicted molar refractivity (Wildman–Crippen MR) is 66.0 cm³/mol. The van der Waals surface area contributed by atoms with E-state index in [1.54, 1.807) is 0 Å². The standard InChI is InChI=1S/C13H7BrF2O2/c14-10-5-4-8(6-12(10)16)18-13-3-1-2-11(15)9(13)7-17/h1-7H. The summed E-state index contributed by atoms with van der Waals surface area (Å²) in [6.45, 7) is 0. The van der Waals surface area contributed by atoms with E-state index in [0.717, 1.165) is 12.1 Å². The zero-order valence-corrected chi connectivity index (χ0v) is 10.6. The van der Waals surface area contributed by atoms with Crippen LogP contribution in [0.3, 0.4) is 0 Å². The van der Waals surface area contributed by atoms with Crippen LogP contribution in [0.5, 0.6) is 11.5 Å². The molecule has 2 aromatic rings. The highest BCUT2D eigenvalue weighted by atomic mass is 79.9. The fourth-order valence-electron chi connectivity index (χ4n) is 1.39. The molecule has 0 heterocycles. The number of rotatable bonds is 3. The van der Waals surface area contributed by atoms with Gasteiger partial charge in [-0.25, -0.2) is 8.78 Å². The molecule has 0 N–H and O–H groups in total. The smallest absolute Gasteiger partial charge is 0.156 e. The summed E-state index contributed by atoms with van der Waals surface area (Å²) in [5.74, 6) is -0.951. The molecule has 0 amide bonds. The van der Waals surface area contributed by atoms with Gasteiger partial charge in [-0.15, -0.1) is 0 Å². The Morgan fingerprint density at radius 3 is 2.56 bits per heavy atom. The van der Waals surface area contributed by atoms with E-state index in [4.69, 9.17) is 4.74 Å². The predicted octanol–water partition coefficient (Wildman–Crippen LogP) is 4.33. The number of carbonyl (C=O) groups excluding carboxylic acids is 1. The van der Waals surface area contributed by atoms with E-state index in [2.05, 4.69) is 15.9 Å². The maximum absolute atomic E-state index is 13.3. The average molecular weight is 313 g/mol. The Morgan fingerprint density at radius 2 is 1.89 bits per heavy atom. The van der Waals surface area contributed by atoms with E-state index in [1.165, 1.54) is 24.3 Å². The lowest BCUT2D eigenvalue weighted by atomic mass is 10.2. The Morgan fingerprint density at radius 1 is 1.11 bits per heavy atom. The van der Waals surface area contributed by atoms with Gasteiger partial charge < -0.3 is 4.74 Å². The molecule has 0 aliphatic rings. The molecule has 0 unspecified atom stereocenters. The van der Waals surface area contributed by atoms with E-state index in [9.17, 15) is 13.6 Å². The van der Waals surface area contributed by atoms with Crippen LogP contribution in [0.4, 0.5) is 8.78 Å². The Labute approximate surface area is 110 Å². The SMILES string of the molecule is O=Cc1c(F)cccc1Oc1ccc(Br)c(F)c1. The van der Waals surface area contributed by atoms with Crippen molar-refractivity contribution in [3.05, 3.63) is 58.1 Å². The molecule has 0 bridgehead atoms. The number of hydrogen-bond donors (Lipinski definition) is 0. The zero-order chi connectivity index (χ0) is 13.1. The Hall–Kier alpha value is -1.75. The van der Waals surface area contributed by atoms with Gasteiger partial charge in [-0.2, -0.15) is 0 Å². The van der Waals surface area contributed by atoms with E-state index in [-0.39, 0.29) is 17.1 Å². The molecule has 0 saturated heterocycles. The number of benzene rings is 2. The van der Waals surface area contributed by atoms with Gasteiger partial charge >= 0.3 is 0 Å². The number of carbonyl (C=O) groups is 1. The monoisotopic (exact) mass is 312 g/mol. The molecule has 92 valence electrons. The van der Waals surface area contributed by atoms with Crippen LogP contribution in [0.2, 0.25) is 0 Å². The number of ether oxygens (including phenoxy) is 1. The first-order valence-electron chi connectivity index (χ1n) is 4.98. The van der Waals surface area contributed by atoms with Gasteiger partial charge in [0.05, 0.1) is 10.0 Å². The molecular weight excluding hydrogens is 306 g/mol. The largest absolute Gasteiger partial charge is 0.456 e. The third-order valence-corrected chi connectivity index (χ3v) is 2.89. The Bertz CT molecular complexity index is 600. The molecule has 0 aromatic heterocycles. The third kappa shape index (κ3) is 2.56. The molecule has 2 nitrogen and oxygen atoms in total. The van der Waals surface area contributed by atoms with Gasteiger partial charge in [-0.3, -0.25) is 4.79 Å². The van der Waals surface area contributed by atoms with Crippen molar-refractivity contribution in [3.63, 3.8) is 0 Å². The summed E-state index contributed by atoms with van der Waals surface area (Å²) in [6.07, 6.45) is 0.361. The van der Waals surface area contributed by atoms with Gasteiger partial charge in [0.2, 0.25) is 0 Å². The first-order valence-corrected chi connectivity index (χ1v) is 5.77. The lowest BCUT2D eigenvalue weighted by Gasteiger charge is -2.08. The quantitative estimate of drug-likeness (QED) is 0.788. The van der Waals surface area contributed by atoms with Crippen molar-refractivity contribution < 1.29 is 18.3 Å². The maximum Gasteiger partial charge on any atom is 0.156 e. The molecule has 2 aromatic carbocycles. The van der Waals surface area contributed by atoms with E-state index in [1.807, 2.05) is 0 Å². The van der Waals surface area contributed by atoms with Crippen LogP contribution >= 0.6 is 15.9 Å². The van der Waals surface area contributed by atoms with Gasteiger partial charge in [0.15, 0.2) is 6.29 Å². The summed E-state index contributed by atoms with van der Waals surface area (Å²) >= 11 is 3.01. The number of aldehydes is 1. The summed E-state index contributed by atoms with van der Waals surface area (Å²) in [7, 11) is 0. The minimum absolute atomic E-state index is 0.0479. The lowest BCUT2D eigenvalue weighted by molar-refractivity contribution is 0.111. The highest BCUT2D eigenvalue weighted by molar-refractivity contribution is 9.10. The van der Waals surface area contributed by atoms with Gasteiger partial charge in [0.25, 0.3) is 0 Å². The van der Waals surface area contributed by atoms with Crippen molar-refractivity contribution in [2.24, 2.45) is 0 Å². The zero-order valence-electron chi connectivity index (χ0n) is 8.99. The highest BCUT2D eigenvalue weighted by Crippen LogP contribution is 2.28. The van der Waals surface area contributed by atoms with Crippen LogP contribution < -0.4 is 4.74 Å². The summed E-state index contributed by atoms with van der Waals surface area (Å²) in [5.41, 5.74) is -0.194. The van der Waals surface area contributed by atoms with Crippen molar-refractivity contribution in [2.75, 3.05) is 0 Å². The maximum atomic E-state index is 13.3. The van der Waals surface area contributed by atoms with Gasteiger partial charge in [0, 0.05) is 6.07 Å². The van der Waals surface area contributed by atoms with Gasteiger partial charge in [0.1, 0.15) is 23.1 Å². The number of halogens is 3. The first kappa shape index (κ1) is 12.7. The normalized spacial score (nSPS) is 10.2. The summed E-state index contributed by atoms with van der Waals surface area (Å²) < 4.78 is 32.2. The van der Waals surface area contributed by atoms with Crippen LogP contribution in [0.1, 0.15) is 10.4 Å². The summed E-state index contributed by atoms with van der Waals surface area (Å²) in [4.78, 5) is 10.8. The first-order chi connectivity index (χ1) is 8.61. The van der Waals surface area contributed by atoms with Crippen molar-refractivity contribution in [3.8, 4) is 11.5 Å². The Balaban J connectivity index is 2.36. The fraction of sp³-hybridized carbons (Fsp3) is 0. The Kier molecular flexibility index (Phi) is 3.72. The van der Waals surface area contributed by atoms with Crippen LogP contribution in [-0.2, 0) is 0 Å². The molecular formula is C13H7BrF2O2. The van der Waals surface area contributed by atoms with Crippen molar-refractivity contribution in [2.45, 2.75) is 0 Å². The van der Waals surface area contributed by atoms with Crippen molar-refractivity contribution in [1.82, 2.24) is 0 Å². The van der Waals surface area contributed by atoms with Crippen LogP contribution in [0.25, 0.3) is 0 Å². The molecule has 0 spiro atoms. The van der Waals surface area contributed by atoms with Gasteiger partial charge in [-0.05, 0) is 40.2 Å². The summed E-state index contributed by atoms with van der Waals surface area (Å²) in [6, 6.07) is 8.11. The van der Waals surface area contributed by atoms with Crippen molar-refractivity contribution >= 4 is 22.2 Å². The molecule has 2 rings (SSSR count). The average Bonchev–Trinajstić information content (AvgIpc) is 2.34. The minimum Gasteiger partial charge on any atom is -0.456 e. The van der Waals surface area contributed by atoms with Crippen LogP contribution in [0, 0.1) is 11.6 Å². The second kappa shape index (κ2) is 5.27. The van der Waals surface area contributed by atoms with Crippen LogP contribution in [0.15, 0.2) is 40.9 Å². The molecule has 0 atom stereocenters. The van der Waals surface area contributed by atoms with Crippen LogP contribution in [-0.4, -0.2) is 6.29 Å². The summed E-state index contributed by atoms with van der Waals surface area (Å²) in [5, 5.41) is 0.